The van der Waals surface area contributed by atoms with Gasteiger partial charge in [0, 0.05) is 43.7 Å². The molecule has 0 atom stereocenters. The van der Waals surface area contributed by atoms with Gasteiger partial charge in [-0.2, -0.15) is 5.26 Å². The predicted molar refractivity (Wildman–Crippen MR) is 120 cm³/mol. The van der Waals surface area contributed by atoms with Crippen LogP contribution in [0.5, 0.6) is 0 Å². The Kier molecular flexibility index (Phi) is 5.94. The Morgan fingerprint density at radius 1 is 1.32 bits per heavy atom. The lowest BCUT2D eigenvalue weighted by Crippen LogP contribution is -2.40. The number of morpholine rings is 1. The summed E-state index contributed by atoms with van der Waals surface area (Å²) in [6.45, 7) is 8.04. The molecule has 0 unspecified atom stereocenters. The molecule has 1 aromatic heterocycles. The van der Waals surface area contributed by atoms with Gasteiger partial charge in [0.2, 0.25) is 0 Å². The largest absolute Gasteiger partial charge is 0.378 e. The topological polar surface area (TPSA) is 71.2 Å². The molecule has 31 heavy (non-hydrogen) atoms. The SMILES string of the molecule is C=C1Cc2c(nc(Cc3c(Cl)ccc(C(=O)N4CCOCC4)c3Cl)n2C)C(C)=C1C#N. The molecule has 8 heteroatoms. The first-order valence-electron chi connectivity index (χ1n) is 10.0. The third kappa shape index (κ3) is 3.78. The Balaban J connectivity index is 1.71. The van der Waals surface area contributed by atoms with Gasteiger partial charge in [0.25, 0.3) is 5.91 Å². The summed E-state index contributed by atoms with van der Waals surface area (Å²) in [5, 5.41) is 10.3. The number of nitriles is 1. The molecular formula is C23H22Cl2N4O2. The minimum Gasteiger partial charge on any atom is -0.378 e. The van der Waals surface area contributed by atoms with E-state index in [1.807, 2.05) is 18.5 Å². The first-order chi connectivity index (χ1) is 14.8. The number of halogens is 2. The Labute approximate surface area is 191 Å². The molecule has 1 fully saturated rings. The Morgan fingerprint density at radius 3 is 2.71 bits per heavy atom. The van der Waals surface area contributed by atoms with Crippen LogP contribution >= 0.6 is 23.2 Å². The number of imidazole rings is 1. The van der Waals surface area contributed by atoms with Crippen LogP contribution in [0.1, 0.15) is 40.1 Å². The normalized spacial score (nSPS) is 16.4. The molecule has 1 aliphatic heterocycles. The van der Waals surface area contributed by atoms with Crippen LogP contribution in [-0.4, -0.2) is 46.7 Å². The number of carbonyl (C=O) groups is 1. The zero-order chi connectivity index (χ0) is 22.3. The van der Waals surface area contributed by atoms with Gasteiger partial charge in [-0.05, 0) is 35.8 Å². The number of allylic oxidation sites excluding steroid dienone is 3. The molecule has 2 aliphatic rings. The maximum absolute atomic E-state index is 13.0. The first-order valence-corrected chi connectivity index (χ1v) is 10.8. The number of benzene rings is 1. The zero-order valence-corrected chi connectivity index (χ0v) is 19.0. The van der Waals surface area contributed by atoms with E-state index >= 15 is 0 Å². The molecule has 4 rings (SSSR count). The number of ether oxygens (including phenoxy) is 1. The highest BCUT2D eigenvalue weighted by Gasteiger charge is 2.27. The summed E-state index contributed by atoms with van der Waals surface area (Å²) in [5.74, 6) is 0.634. The summed E-state index contributed by atoms with van der Waals surface area (Å²) in [7, 11) is 1.93. The zero-order valence-electron chi connectivity index (χ0n) is 17.5. The van der Waals surface area contributed by atoms with Crippen molar-refractivity contribution in [3.63, 3.8) is 0 Å². The van der Waals surface area contributed by atoms with Crippen molar-refractivity contribution in [2.45, 2.75) is 19.8 Å². The number of rotatable bonds is 3. The van der Waals surface area contributed by atoms with E-state index in [4.69, 9.17) is 32.9 Å². The van der Waals surface area contributed by atoms with Crippen LogP contribution in [0.15, 0.2) is 29.9 Å². The van der Waals surface area contributed by atoms with E-state index in [0.29, 0.717) is 65.9 Å². The average Bonchev–Trinajstić information content (AvgIpc) is 3.07. The van der Waals surface area contributed by atoms with Crippen LogP contribution in [0, 0.1) is 11.3 Å². The Bertz CT molecular complexity index is 1170. The third-order valence-corrected chi connectivity index (χ3v) is 6.72. The van der Waals surface area contributed by atoms with Crippen molar-refractivity contribution in [2.75, 3.05) is 26.3 Å². The fourth-order valence-electron chi connectivity index (χ4n) is 4.10. The highest BCUT2D eigenvalue weighted by Crippen LogP contribution is 2.35. The second kappa shape index (κ2) is 8.51. The van der Waals surface area contributed by atoms with E-state index in [-0.39, 0.29) is 5.91 Å². The highest BCUT2D eigenvalue weighted by atomic mass is 35.5. The minimum atomic E-state index is -0.126. The summed E-state index contributed by atoms with van der Waals surface area (Å²) in [4.78, 5) is 19.5. The van der Waals surface area contributed by atoms with Crippen LogP contribution in [0.25, 0.3) is 5.57 Å². The summed E-state index contributed by atoms with van der Waals surface area (Å²) < 4.78 is 7.33. The lowest BCUT2D eigenvalue weighted by atomic mass is 9.90. The molecule has 1 saturated heterocycles. The molecule has 2 heterocycles. The van der Waals surface area contributed by atoms with Crippen molar-refractivity contribution in [2.24, 2.45) is 7.05 Å². The average molecular weight is 457 g/mol. The van der Waals surface area contributed by atoms with Gasteiger partial charge < -0.3 is 14.2 Å². The summed E-state index contributed by atoms with van der Waals surface area (Å²) in [5.41, 5.74) is 5.09. The second-order valence-corrected chi connectivity index (χ2v) is 8.53. The van der Waals surface area contributed by atoms with Gasteiger partial charge in [-0.25, -0.2) is 4.98 Å². The van der Waals surface area contributed by atoms with Gasteiger partial charge in [0.05, 0.1) is 41.1 Å². The molecule has 0 N–H and O–H groups in total. The van der Waals surface area contributed by atoms with Crippen molar-refractivity contribution in [1.82, 2.24) is 14.5 Å². The lowest BCUT2D eigenvalue weighted by molar-refractivity contribution is 0.0303. The molecule has 0 saturated carbocycles. The van der Waals surface area contributed by atoms with Crippen LogP contribution < -0.4 is 0 Å². The summed E-state index contributed by atoms with van der Waals surface area (Å²) >= 11 is 13.2. The number of aromatic nitrogens is 2. The Morgan fingerprint density at radius 2 is 2.03 bits per heavy atom. The third-order valence-electron chi connectivity index (χ3n) is 5.93. The van der Waals surface area contributed by atoms with Gasteiger partial charge in [-0.3, -0.25) is 4.79 Å². The fraction of sp³-hybridized carbons (Fsp3) is 0.348. The van der Waals surface area contributed by atoms with E-state index in [0.717, 1.165) is 28.4 Å². The van der Waals surface area contributed by atoms with Crippen molar-refractivity contribution in [3.05, 3.63) is 68.2 Å². The highest BCUT2D eigenvalue weighted by molar-refractivity contribution is 6.38. The van der Waals surface area contributed by atoms with Crippen molar-refractivity contribution in [3.8, 4) is 6.07 Å². The van der Waals surface area contributed by atoms with Crippen molar-refractivity contribution >= 4 is 34.7 Å². The molecule has 0 bridgehead atoms. The maximum Gasteiger partial charge on any atom is 0.255 e. The van der Waals surface area contributed by atoms with E-state index in [2.05, 4.69) is 12.6 Å². The number of nitrogens with zero attached hydrogens (tertiary/aromatic N) is 4. The van der Waals surface area contributed by atoms with Crippen molar-refractivity contribution in [1.29, 1.82) is 5.26 Å². The Hall–Kier alpha value is -2.59. The summed E-state index contributed by atoms with van der Waals surface area (Å²) in [6, 6.07) is 5.61. The molecule has 6 nitrogen and oxygen atoms in total. The number of hydrogen-bond acceptors (Lipinski definition) is 4. The van der Waals surface area contributed by atoms with Gasteiger partial charge in [-0.15, -0.1) is 0 Å². The molecule has 1 aromatic carbocycles. The molecular weight excluding hydrogens is 435 g/mol. The monoisotopic (exact) mass is 456 g/mol. The van der Waals surface area contributed by atoms with Crippen molar-refractivity contribution < 1.29 is 9.53 Å². The maximum atomic E-state index is 13.0. The standard InChI is InChI=1S/C23H22Cl2N4O2/c1-13-10-19-22(14(2)17(13)12-26)27-20(28(19)3)11-16-18(24)5-4-15(21(16)25)23(30)29-6-8-31-9-7-29/h4-5H,1,6-11H2,2-3H3. The molecule has 0 spiro atoms. The molecule has 2 aromatic rings. The molecule has 0 radical (unpaired) electrons. The van der Waals surface area contributed by atoms with Crippen LogP contribution in [0.3, 0.4) is 0 Å². The van der Waals surface area contributed by atoms with Gasteiger partial charge in [0.15, 0.2) is 0 Å². The first kappa shape index (κ1) is 21.6. The van der Waals surface area contributed by atoms with Crippen LogP contribution in [0.2, 0.25) is 10.0 Å². The van der Waals surface area contributed by atoms with Gasteiger partial charge in [0.1, 0.15) is 5.82 Å². The predicted octanol–water partition coefficient (Wildman–Crippen LogP) is 4.20. The number of amides is 1. The smallest absolute Gasteiger partial charge is 0.255 e. The number of fused-ring (bicyclic) bond motifs is 1. The summed E-state index contributed by atoms with van der Waals surface area (Å²) in [6.07, 6.45) is 0.934. The quantitative estimate of drug-likeness (QED) is 0.693. The number of carbonyl (C=O) groups excluding carboxylic acids is 1. The second-order valence-electron chi connectivity index (χ2n) is 7.74. The fourth-order valence-corrected chi connectivity index (χ4v) is 4.69. The lowest BCUT2D eigenvalue weighted by Gasteiger charge is -2.27. The van der Waals surface area contributed by atoms with Crippen LogP contribution in [0.4, 0.5) is 0 Å². The van der Waals surface area contributed by atoms with E-state index in [1.54, 1.807) is 17.0 Å². The van der Waals surface area contributed by atoms with Crippen LogP contribution in [-0.2, 0) is 24.6 Å². The van der Waals surface area contributed by atoms with E-state index < -0.39 is 0 Å². The molecule has 1 amide bonds. The minimum absolute atomic E-state index is 0.126. The van der Waals surface area contributed by atoms with E-state index in [1.165, 1.54) is 0 Å². The van der Waals surface area contributed by atoms with Gasteiger partial charge >= 0.3 is 0 Å². The van der Waals surface area contributed by atoms with E-state index in [9.17, 15) is 10.1 Å². The molecule has 1 aliphatic carbocycles. The van der Waals surface area contributed by atoms with Gasteiger partial charge in [-0.1, -0.05) is 29.8 Å². The number of hydrogen-bond donors (Lipinski definition) is 0. The molecule has 160 valence electrons.